The van der Waals surface area contributed by atoms with Crippen molar-refractivity contribution < 1.29 is 20.1 Å². The minimum absolute atomic E-state index is 0.176. The largest absolute Gasteiger partial charge is 0.481 e. The van der Waals surface area contributed by atoms with E-state index < -0.39 is 5.97 Å². The lowest BCUT2D eigenvalue weighted by Crippen LogP contribution is -2.58. The van der Waals surface area contributed by atoms with Crippen molar-refractivity contribution in [1.29, 1.82) is 0 Å². The molecule has 0 aliphatic heterocycles. The standard InChI is InChI=1S/C24H40O4/c1-14(4-7-22(27)28)17-5-6-18-16-13-21(26)20-12-15(25)8-10-24(20,3)19(16)9-11-23(17,18)2/h14-21,25-26H,4-13H2,1-3H3,(H,27,28)/t14-,15-,16+,17+,18-,19+,20+,21+,23-,24-/m1/s1. The van der Waals surface area contributed by atoms with Crippen LogP contribution < -0.4 is 0 Å². The van der Waals surface area contributed by atoms with Gasteiger partial charge in [-0.1, -0.05) is 20.8 Å². The monoisotopic (exact) mass is 392 g/mol. The fraction of sp³-hybridized carbons (Fsp3) is 0.958. The zero-order chi connectivity index (χ0) is 20.3. The molecule has 4 aliphatic rings. The number of carboxylic acids is 1. The van der Waals surface area contributed by atoms with Crippen molar-refractivity contribution in [3.05, 3.63) is 0 Å². The summed E-state index contributed by atoms with van der Waals surface area (Å²) in [5.74, 6) is 2.61. The van der Waals surface area contributed by atoms with Gasteiger partial charge < -0.3 is 15.3 Å². The molecule has 0 saturated heterocycles. The molecule has 3 N–H and O–H groups in total. The molecule has 0 radical (unpaired) electrons. The fourth-order valence-electron chi connectivity index (χ4n) is 8.81. The van der Waals surface area contributed by atoms with Crippen molar-refractivity contribution >= 4 is 5.97 Å². The minimum atomic E-state index is -0.677. The Labute approximate surface area is 170 Å². The second-order valence-electron chi connectivity index (χ2n) is 11.4. The van der Waals surface area contributed by atoms with Gasteiger partial charge in [0.2, 0.25) is 0 Å². The number of carbonyl (C=O) groups is 1. The number of hydrogen-bond acceptors (Lipinski definition) is 3. The van der Waals surface area contributed by atoms with Gasteiger partial charge in [0.1, 0.15) is 0 Å². The fourth-order valence-corrected chi connectivity index (χ4v) is 8.81. The lowest BCUT2D eigenvalue weighted by atomic mass is 9.44. The summed E-state index contributed by atoms with van der Waals surface area (Å²) in [4.78, 5) is 11.1. The molecule has 0 aromatic rings. The van der Waals surface area contributed by atoms with Gasteiger partial charge in [-0.15, -0.1) is 0 Å². The Morgan fingerprint density at radius 2 is 1.64 bits per heavy atom. The highest BCUT2D eigenvalue weighted by Gasteiger charge is 2.62. The van der Waals surface area contributed by atoms with E-state index in [4.69, 9.17) is 5.11 Å². The molecule has 0 aromatic heterocycles. The molecule has 28 heavy (non-hydrogen) atoms. The minimum Gasteiger partial charge on any atom is -0.481 e. The number of aliphatic hydroxyl groups excluding tert-OH is 2. The van der Waals surface area contributed by atoms with Crippen molar-refractivity contribution in [1.82, 2.24) is 0 Å². The molecular formula is C24H40O4. The molecule has 4 fully saturated rings. The van der Waals surface area contributed by atoms with Gasteiger partial charge in [-0.25, -0.2) is 0 Å². The van der Waals surface area contributed by atoms with Crippen LogP contribution in [0.3, 0.4) is 0 Å². The maximum atomic E-state index is 11.1. The molecular weight excluding hydrogens is 352 g/mol. The number of carboxylic acid groups (broad SMARTS) is 1. The number of rotatable bonds is 4. The molecule has 0 spiro atoms. The maximum absolute atomic E-state index is 11.1. The van der Waals surface area contributed by atoms with E-state index in [2.05, 4.69) is 20.8 Å². The third-order valence-electron chi connectivity index (χ3n) is 10.2. The zero-order valence-electron chi connectivity index (χ0n) is 17.9. The Morgan fingerprint density at radius 3 is 2.36 bits per heavy atom. The van der Waals surface area contributed by atoms with Gasteiger partial charge in [-0.2, -0.15) is 0 Å². The lowest BCUT2D eigenvalue weighted by Gasteiger charge is -2.62. The van der Waals surface area contributed by atoms with E-state index in [1.807, 2.05) is 0 Å². The lowest BCUT2D eigenvalue weighted by molar-refractivity contribution is -0.172. The van der Waals surface area contributed by atoms with Crippen LogP contribution in [0.5, 0.6) is 0 Å². The van der Waals surface area contributed by atoms with Crippen molar-refractivity contribution in [3.63, 3.8) is 0 Å². The van der Waals surface area contributed by atoms with E-state index in [-0.39, 0.29) is 30.0 Å². The number of hydrogen-bond donors (Lipinski definition) is 3. The van der Waals surface area contributed by atoms with E-state index >= 15 is 0 Å². The van der Waals surface area contributed by atoms with E-state index in [1.165, 1.54) is 25.7 Å². The SMILES string of the molecule is C[C@H](CCC(=O)O)[C@@H]1CC[C@@H]2[C@@H]3C[C@H](O)[C@@H]4C[C@H](O)CC[C@]4(C)[C@H]3CC[C@@]21C. The quantitative estimate of drug-likeness (QED) is 0.659. The molecule has 4 aliphatic carbocycles. The van der Waals surface area contributed by atoms with E-state index in [9.17, 15) is 15.0 Å². The molecule has 0 aromatic carbocycles. The molecule has 4 rings (SSSR count). The normalized spacial score (nSPS) is 51.7. The van der Waals surface area contributed by atoms with Crippen LogP contribution in [0.25, 0.3) is 0 Å². The first-order chi connectivity index (χ1) is 13.2. The van der Waals surface area contributed by atoms with Gasteiger partial charge in [0.05, 0.1) is 12.2 Å². The van der Waals surface area contributed by atoms with Gasteiger partial charge in [-0.05, 0) is 104 Å². The Kier molecular flexibility index (Phi) is 5.36. The first-order valence-electron chi connectivity index (χ1n) is 11.7. The highest BCUT2D eigenvalue weighted by molar-refractivity contribution is 5.66. The number of aliphatic carboxylic acids is 1. The van der Waals surface area contributed by atoms with Crippen LogP contribution in [0.2, 0.25) is 0 Å². The summed E-state index contributed by atoms with van der Waals surface area (Å²) in [5.41, 5.74) is 0.478. The molecule has 0 heterocycles. The average molecular weight is 393 g/mol. The van der Waals surface area contributed by atoms with Crippen molar-refractivity contribution in [2.75, 3.05) is 0 Å². The summed E-state index contributed by atoms with van der Waals surface area (Å²) in [6.07, 6.45) is 9.16. The smallest absolute Gasteiger partial charge is 0.303 e. The number of fused-ring (bicyclic) bond motifs is 5. The van der Waals surface area contributed by atoms with Crippen LogP contribution in [0.1, 0.15) is 85.0 Å². The third kappa shape index (κ3) is 3.14. The molecule has 0 bridgehead atoms. The molecule has 4 nitrogen and oxygen atoms in total. The van der Waals surface area contributed by atoms with Crippen LogP contribution in [0.15, 0.2) is 0 Å². The van der Waals surface area contributed by atoms with Gasteiger partial charge >= 0.3 is 5.97 Å². The Balaban J connectivity index is 1.55. The highest BCUT2D eigenvalue weighted by atomic mass is 16.4. The number of aliphatic hydroxyl groups is 2. The van der Waals surface area contributed by atoms with Crippen LogP contribution in [0, 0.1) is 46.3 Å². The molecule has 4 heteroatoms. The third-order valence-corrected chi connectivity index (χ3v) is 10.2. The van der Waals surface area contributed by atoms with Crippen LogP contribution >= 0.6 is 0 Å². The zero-order valence-corrected chi connectivity index (χ0v) is 17.9. The van der Waals surface area contributed by atoms with E-state index in [0.717, 1.165) is 32.1 Å². The van der Waals surface area contributed by atoms with Gasteiger partial charge in [0, 0.05) is 6.42 Å². The van der Waals surface area contributed by atoms with Gasteiger partial charge in [-0.3, -0.25) is 4.79 Å². The predicted octanol–water partition coefficient (Wildman–Crippen LogP) is 4.48. The van der Waals surface area contributed by atoms with Crippen LogP contribution in [0.4, 0.5) is 0 Å². The first kappa shape index (κ1) is 20.7. The first-order valence-corrected chi connectivity index (χ1v) is 11.7. The van der Waals surface area contributed by atoms with Gasteiger partial charge in [0.15, 0.2) is 0 Å². The Morgan fingerprint density at radius 1 is 0.964 bits per heavy atom. The topological polar surface area (TPSA) is 77.8 Å². The summed E-state index contributed by atoms with van der Waals surface area (Å²) in [5, 5.41) is 30.4. The molecule has 10 atom stereocenters. The molecule has 160 valence electrons. The molecule has 4 saturated carbocycles. The van der Waals surface area contributed by atoms with Crippen LogP contribution in [-0.2, 0) is 4.79 Å². The maximum Gasteiger partial charge on any atom is 0.303 e. The summed E-state index contributed by atoms with van der Waals surface area (Å²) < 4.78 is 0. The molecule has 0 unspecified atom stereocenters. The summed E-state index contributed by atoms with van der Waals surface area (Å²) >= 11 is 0. The van der Waals surface area contributed by atoms with Crippen molar-refractivity contribution in [2.24, 2.45) is 46.3 Å². The summed E-state index contributed by atoms with van der Waals surface area (Å²) in [6.45, 7) is 7.16. The van der Waals surface area contributed by atoms with Crippen molar-refractivity contribution in [3.8, 4) is 0 Å². The van der Waals surface area contributed by atoms with E-state index in [1.54, 1.807) is 0 Å². The van der Waals surface area contributed by atoms with Gasteiger partial charge in [0.25, 0.3) is 0 Å². The second kappa shape index (κ2) is 7.27. The highest BCUT2D eigenvalue weighted by Crippen LogP contribution is 2.68. The Hall–Kier alpha value is -0.610. The van der Waals surface area contributed by atoms with Crippen LogP contribution in [-0.4, -0.2) is 33.5 Å². The molecule has 0 amide bonds. The average Bonchev–Trinajstić information content (AvgIpc) is 2.99. The van der Waals surface area contributed by atoms with E-state index in [0.29, 0.717) is 35.0 Å². The second-order valence-corrected chi connectivity index (χ2v) is 11.4. The Bertz CT molecular complexity index is 605. The summed E-state index contributed by atoms with van der Waals surface area (Å²) in [7, 11) is 0. The summed E-state index contributed by atoms with van der Waals surface area (Å²) in [6, 6.07) is 0. The predicted molar refractivity (Wildman–Crippen MR) is 109 cm³/mol. The van der Waals surface area contributed by atoms with Crippen molar-refractivity contribution in [2.45, 2.75) is 97.2 Å².